The van der Waals surface area contributed by atoms with Crippen molar-refractivity contribution >= 4 is 17.2 Å². The summed E-state index contributed by atoms with van der Waals surface area (Å²) in [7, 11) is 0. The van der Waals surface area contributed by atoms with Gasteiger partial charge in [-0.1, -0.05) is 57.0 Å². The fourth-order valence-electron chi connectivity index (χ4n) is 3.30. The molecule has 1 amide bonds. The summed E-state index contributed by atoms with van der Waals surface area (Å²) in [6.45, 7) is 4.40. The molecule has 1 atom stereocenters. The Morgan fingerprint density at radius 1 is 1.09 bits per heavy atom. The quantitative estimate of drug-likeness (QED) is 0.796. The van der Waals surface area contributed by atoms with Crippen LogP contribution >= 0.6 is 11.3 Å². The maximum atomic E-state index is 12.6. The number of rotatable bonds is 5. The Hall–Kier alpha value is -1.61. The molecule has 122 valence electrons. The highest BCUT2D eigenvalue weighted by Gasteiger charge is 2.26. The van der Waals surface area contributed by atoms with Crippen LogP contribution in [0.15, 0.2) is 41.8 Å². The van der Waals surface area contributed by atoms with Gasteiger partial charge in [0.25, 0.3) is 0 Å². The molecule has 0 aliphatic heterocycles. The summed E-state index contributed by atoms with van der Waals surface area (Å²) < 4.78 is 0. The third-order valence-electron chi connectivity index (χ3n) is 4.78. The number of carbonyl (C=O) groups excluding carboxylic acids is 1. The molecular formula is C20H25NOS. The predicted molar refractivity (Wildman–Crippen MR) is 96.8 cm³/mol. The van der Waals surface area contributed by atoms with Gasteiger partial charge in [0.2, 0.25) is 5.91 Å². The summed E-state index contributed by atoms with van der Waals surface area (Å²) in [6, 6.07) is 12.8. The average Bonchev–Trinajstić information content (AvgIpc) is 3.25. The van der Waals surface area contributed by atoms with Crippen LogP contribution in [0.25, 0.3) is 0 Å². The Labute approximate surface area is 142 Å². The first-order valence-electron chi connectivity index (χ1n) is 8.59. The summed E-state index contributed by atoms with van der Waals surface area (Å²) in [5, 5.41) is 5.37. The fraction of sp³-hybridized carbons (Fsp3) is 0.450. The molecule has 1 unspecified atom stereocenters. The van der Waals surface area contributed by atoms with Gasteiger partial charge in [-0.2, -0.15) is 0 Å². The molecule has 1 aliphatic rings. The summed E-state index contributed by atoms with van der Waals surface area (Å²) in [4.78, 5) is 13.8. The van der Waals surface area contributed by atoms with Crippen molar-refractivity contribution in [3.8, 4) is 0 Å². The topological polar surface area (TPSA) is 29.1 Å². The molecule has 2 aromatic rings. The first-order chi connectivity index (χ1) is 11.1. The van der Waals surface area contributed by atoms with Crippen molar-refractivity contribution in [1.29, 1.82) is 0 Å². The smallest absolute Gasteiger partial charge is 0.223 e. The monoisotopic (exact) mass is 327 g/mol. The van der Waals surface area contributed by atoms with Crippen LogP contribution in [0.2, 0.25) is 0 Å². The highest BCUT2D eigenvalue weighted by molar-refractivity contribution is 7.10. The lowest BCUT2D eigenvalue weighted by molar-refractivity contribution is -0.125. The standard InChI is InChI=1S/C20H25NOS/c1-14(2)15-9-11-16(12-10-15)19(18-8-5-13-23-18)21-20(22)17-6-3-4-7-17/h5,8-14,17,19H,3-4,6-7H2,1-2H3,(H,21,22). The SMILES string of the molecule is CC(C)c1ccc(C(NC(=O)C2CCCC2)c2cccs2)cc1. The van der Waals surface area contributed by atoms with Gasteiger partial charge < -0.3 is 5.32 Å². The van der Waals surface area contributed by atoms with Gasteiger partial charge >= 0.3 is 0 Å². The average molecular weight is 327 g/mol. The van der Waals surface area contributed by atoms with Crippen LogP contribution in [0.3, 0.4) is 0 Å². The summed E-state index contributed by atoms with van der Waals surface area (Å²) in [6.07, 6.45) is 4.44. The van der Waals surface area contributed by atoms with Gasteiger partial charge in [-0.25, -0.2) is 0 Å². The van der Waals surface area contributed by atoms with Crippen LogP contribution in [-0.4, -0.2) is 5.91 Å². The molecule has 1 N–H and O–H groups in total. The number of carbonyl (C=O) groups is 1. The molecule has 0 saturated heterocycles. The number of hydrogen-bond donors (Lipinski definition) is 1. The fourth-order valence-corrected chi connectivity index (χ4v) is 4.10. The Morgan fingerprint density at radius 2 is 1.74 bits per heavy atom. The van der Waals surface area contributed by atoms with Crippen LogP contribution in [-0.2, 0) is 4.79 Å². The molecule has 1 aromatic heterocycles. The van der Waals surface area contributed by atoms with Crippen LogP contribution in [0.4, 0.5) is 0 Å². The zero-order chi connectivity index (χ0) is 16.2. The van der Waals surface area contributed by atoms with Crippen molar-refractivity contribution in [2.24, 2.45) is 5.92 Å². The molecule has 3 rings (SSSR count). The second-order valence-corrected chi connectivity index (χ2v) is 7.74. The van der Waals surface area contributed by atoms with Crippen molar-refractivity contribution in [3.63, 3.8) is 0 Å². The van der Waals surface area contributed by atoms with E-state index in [2.05, 4.69) is 60.9 Å². The van der Waals surface area contributed by atoms with Gasteiger partial charge in [-0.05, 0) is 41.3 Å². The van der Waals surface area contributed by atoms with E-state index in [0.717, 1.165) is 12.8 Å². The minimum atomic E-state index is -0.0238. The molecule has 1 saturated carbocycles. The van der Waals surface area contributed by atoms with Gasteiger partial charge in [0.05, 0.1) is 6.04 Å². The number of thiophene rings is 1. The summed E-state index contributed by atoms with van der Waals surface area (Å²) >= 11 is 1.71. The predicted octanol–water partition coefficient (Wildman–Crippen LogP) is 5.27. The van der Waals surface area contributed by atoms with Crippen molar-refractivity contribution in [1.82, 2.24) is 5.32 Å². The normalized spacial score (nSPS) is 16.7. The Morgan fingerprint density at radius 3 is 2.30 bits per heavy atom. The van der Waals surface area contributed by atoms with Gasteiger partial charge in [0.1, 0.15) is 0 Å². The molecule has 23 heavy (non-hydrogen) atoms. The second kappa shape index (κ2) is 7.31. The van der Waals surface area contributed by atoms with E-state index in [-0.39, 0.29) is 17.9 Å². The lowest BCUT2D eigenvalue weighted by atomic mass is 9.97. The van der Waals surface area contributed by atoms with Crippen molar-refractivity contribution in [3.05, 3.63) is 57.8 Å². The lowest BCUT2D eigenvalue weighted by Crippen LogP contribution is -2.33. The number of benzene rings is 1. The third-order valence-corrected chi connectivity index (χ3v) is 5.71. The molecular weight excluding hydrogens is 302 g/mol. The van der Waals surface area contributed by atoms with E-state index in [1.54, 1.807) is 11.3 Å². The van der Waals surface area contributed by atoms with Crippen molar-refractivity contribution < 1.29 is 4.79 Å². The van der Waals surface area contributed by atoms with Gasteiger partial charge in [0, 0.05) is 10.8 Å². The van der Waals surface area contributed by atoms with Crippen LogP contribution in [0, 0.1) is 5.92 Å². The highest BCUT2D eigenvalue weighted by atomic mass is 32.1. The second-order valence-electron chi connectivity index (χ2n) is 6.76. The molecule has 0 radical (unpaired) electrons. The molecule has 1 aromatic carbocycles. The van der Waals surface area contributed by atoms with Gasteiger partial charge in [0.15, 0.2) is 0 Å². The van der Waals surface area contributed by atoms with Crippen LogP contribution in [0.5, 0.6) is 0 Å². The van der Waals surface area contributed by atoms with Crippen molar-refractivity contribution in [2.45, 2.75) is 51.5 Å². The van der Waals surface area contributed by atoms with E-state index in [1.165, 1.54) is 28.8 Å². The molecule has 0 spiro atoms. The minimum Gasteiger partial charge on any atom is -0.344 e. The molecule has 1 fully saturated rings. The lowest BCUT2D eigenvalue weighted by Gasteiger charge is -2.21. The zero-order valence-corrected chi connectivity index (χ0v) is 14.7. The Balaban J connectivity index is 1.82. The third kappa shape index (κ3) is 3.84. The maximum Gasteiger partial charge on any atom is 0.223 e. The van der Waals surface area contributed by atoms with E-state index in [1.807, 2.05) is 0 Å². The first-order valence-corrected chi connectivity index (χ1v) is 9.46. The summed E-state index contributed by atoms with van der Waals surface area (Å²) in [5.41, 5.74) is 2.50. The van der Waals surface area contributed by atoms with Gasteiger partial charge in [-0.3, -0.25) is 4.79 Å². The Bertz CT molecular complexity index is 624. The van der Waals surface area contributed by atoms with E-state index in [4.69, 9.17) is 0 Å². The summed E-state index contributed by atoms with van der Waals surface area (Å²) in [5.74, 6) is 0.943. The molecule has 1 heterocycles. The van der Waals surface area contributed by atoms with Crippen molar-refractivity contribution in [2.75, 3.05) is 0 Å². The highest BCUT2D eigenvalue weighted by Crippen LogP contribution is 2.30. The van der Waals surface area contributed by atoms with E-state index < -0.39 is 0 Å². The van der Waals surface area contributed by atoms with Gasteiger partial charge in [-0.15, -0.1) is 11.3 Å². The van der Waals surface area contributed by atoms with E-state index in [9.17, 15) is 4.79 Å². The zero-order valence-electron chi connectivity index (χ0n) is 13.9. The molecule has 0 bridgehead atoms. The van der Waals surface area contributed by atoms with Crippen LogP contribution < -0.4 is 5.32 Å². The first kappa shape index (κ1) is 16.3. The Kier molecular flexibility index (Phi) is 5.16. The van der Waals surface area contributed by atoms with Crippen LogP contribution in [0.1, 0.15) is 67.5 Å². The number of hydrogen-bond acceptors (Lipinski definition) is 2. The maximum absolute atomic E-state index is 12.6. The minimum absolute atomic E-state index is 0.0238. The number of amides is 1. The van der Waals surface area contributed by atoms with E-state index >= 15 is 0 Å². The largest absolute Gasteiger partial charge is 0.344 e. The number of nitrogens with one attached hydrogen (secondary N) is 1. The molecule has 1 aliphatic carbocycles. The molecule has 2 nitrogen and oxygen atoms in total. The molecule has 3 heteroatoms. The van der Waals surface area contributed by atoms with E-state index in [0.29, 0.717) is 5.92 Å².